The normalized spacial score (nSPS) is 15.0. The first-order chi connectivity index (χ1) is 15.1. The molecule has 0 radical (unpaired) electrons. The highest BCUT2D eigenvalue weighted by Gasteiger charge is 2.28. The zero-order valence-electron chi connectivity index (χ0n) is 16.6. The highest BCUT2D eigenvalue weighted by molar-refractivity contribution is 7.98. The third-order valence-electron chi connectivity index (χ3n) is 5.09. The van der Waals surface area contributed by atoms with Crippen LogP contribution in [0.2, 0.25) is 0 Å². The van der Waals surface area contributed by atoms with Crippen molar-refractivity contribution in [2.75, 3.05) is 12.8 Å². The van der Waals surface area contributed by atoms with Crippen molar-refractivity contribution < 1.29 is 18.3 Å². The van der Waals surface area contributed by atoms with Gasteiger partial charge in [0.15, 0.2) is 10.9 Å². The summed E-state index contributed by atoms with van der Waals surface area (Å²) in [6.45, 7) is 0.269. The minimum absolute atomic E-state index is 0.244. The Bertz CT molecular complexity index is 1260. The number of fused-ring (bicyclic) bond motifs is 2. The van der Waals surface area contributed by atoms with Crippen molar-refractivity contribution >= 4 is 28.6 Å². The second-order valence-corrected chi connectivity index (χ2v) is 7.95. The van der Waals surface area contributed by atoms with Crippen LogP contribution in [0.3, 0.4) is 0 Å². The van der Waals surface area contributed by atoms with Crippen LogP contribution in [0.5, 0.6) is 5.75 Å². The summed E-state index contributed by atoms with van der Waals surface area (Å²) in [7, 11) is 0. The van der Waals surface area contributed by atoms with Gasteiger partial charge in [-0.05, 0) is 36.6 Å². The number of thioether (sulfide) groups is 1. The predicted octanol–water partition coefficient (Wildman–Crippen LogP) is 4.48. The van der Waals surface area contributed by atoms with Gasteiger partial charge in [-0.1, -0.05) is 30.0 Å². The number of carbonyl (C=O) groups is 1. The Morgan fingerprint density at radius 1 is 1.26 bits per heavy atom. The summed E-state index contributed by atoms with van der Waals surface area (Å²) in [5.74, 6) is 0.167. The van der Waals surface area contributed by atoms with E-state index in [0.29, 0.717) is 34.2 Å². The maximum Gasteiger partial charge on any atom is 0.287 e. The Morgan fingerprint density at radius 2 is 2.13 bits per heavy atom. The second-order valence-electron chi connectivity index (χ2n) is 7.17. The third kappa shape index (κ3) is 3.86. The maximum atomic E-state index is 14.3. The summed E-state index contributed by atoms with van der Waals surface area (Å²) >= 11 is 1.41. The molecule has 1 aliphatic rings. The third-order valence-corrected chi connectivity index (χ3v) is 5.66. The minimum atomic E-state index is -0.353. The quantitative estimate of drug-likeness (QED) is 0.368. The van der Waals surface area contributed by atoms with Gasteiger partial charge in [-0.15, -0.1) is 0 Å². The van der Waals surface area contributed by atoms with E-state index in [9.17, 15) is 9.18 Å². The number of carbonyl (C=O) groups excluding carboxylic acids is 1. The van der Waals surface area contributed by atoms with Crippen LogP contribution >= 0.6 is 11.8 Å². The van der Waals surface area contributed by atoms with Crippen LogP contribution in [0, 0.1) is 5.82 Å². The Balaban J connectivity index is 1.32. The van der Waals surface area contributed by atoms with E-state index in [1.54, 1.807) is 18.3 Å². The maximum absolute atomic E-state index is 14.3. The number of aromatic nitrogens is 2. The second kappa shape index (κ2) is 8.03. The summed E-state index contributed by atoms with van der Waals surface area (Å²) in [6.07, 6.45) is 3.70. The van der Waals surface area contributed by atoms with Crippen LogP contribution in [-0.2, 0) is 6.42 Å². The van der Waals surface area contributed by atoms with Gasteiger partial charge < -0.3 is 14.5 Å². The summed E-state index contributed by atoms with van der Waals surface area (Å²) in [6, 6.07) is 13.8. The SMILES string of the molecule is CSc1nccc(-c2cc(F)cc3c2OC(CNC(=O)c2cc4ccccc4o2)C3)n1. The molecule has 1 aliphatic heterocycles. The zero-order chi connectivity index (χ0) is 21.4. The Kier molecular flexibility index (Phi) is 5.07. The molecule has 0 saturated carbocycles. The van der Waals surface area contributed by atoms with Crippen LogP contribution < -0.4 is 10.1 Å². The number of amides is 1. The van der Waals surface area contributed by atoms with Crippen LogP contribution in [0.4, 0.5) is 4.39 Å². The summed E-state index contributed by atoms with van der Waals surface area (Å²) in [4.78, 5) is 21.1. The topological polar surface area (TPSA) is 77.2 Å². The molecule has 0 saturated heterocycles. The van der Waals surface area contributed by atoms with E-state index < -0.39 is 0 Å². The van der Waals surface area contributed by atoms with Crippen molar-refractivity contribution in [2.45, 2.75) is 17.7 Å². The van der Waals surface area contributed by atoms with E-state index in [2.05, 4.69) is 15.3 Å². The van der Waals surface area contributed by atoms with E-state index in [1.165, 1.54) is 23.9 Å². The zero-order valence-corrected chi connectivity index (χ0v) is 17.4. The molecule has 156 valence electrons. The molecular weight excluding hydrogens is 417 g/mol. The molecular formula is C23H18FN3O3S. The molecule has 1 unspecified atom stereocenters. The van der Waals surface area contributed by atoms with E-state index in [-0.39, 0.29) is 30.1 Å². The number of furan rings is 1. The minimum Gasteiger partial charge on any atom is -0.487 e. The molecule has 0 spiro atoms. The number of ether oxygens (including phenoxy) is 1. The van der Waals surface area contributed by atoms with Crippen molar-refractivity contribution in [2.24, 2.45) is 0 Å². The molecule has 0 fully saturated rings. The molecule has 0 aliphatic carbocycles. The molecule has 0 bridgehead atoms. The van der Waals surface area contributed by atoms with Crippen molar-refractivity contribution in [1.29, 1.82) is 0 Å². The number of hydrogen-bond acceptors (Lipinski definition) is 6. The number of hydrogen-bond donors (Lipinski definition) is 1. The predicted molar refractivity (Wildman–Crippen MR) is 116 cm³/mol. The highest BCUT2D eigenvalue weighted by atomic mass is 32.2. The number of halogens is 1. The molecule has 4 aromatic rings. The van der Waals surface area contributed by atoms with E-state index >= 15 is 0 Å². The number of nitrogens with one attached hydrogen (secondary N) is 1. The first kappa shape index (κ1) is 19.6. The fourth-order valence-corrected chi connectivity index (χ4v) is 4.03. The average molecular weight is 435 g/mol. The standard InChI is InChI=1S/C23H18FN3O3S/c1-31-23-25-7-6-18(27-23)17-11-15(24)8-14-9-16(29-21(14)17)12-26-22(28)20-10-13-4-2-3-5-19(13)30-20/h2-8,10-11,16H,9,12H2,1H3,(H,26,28). The summed E-state index contributed by atoms with van der Waals surface area (Å²) < 4.78 is 26.0. The lowest BCUT2D eigenvalue weighted by Crippen LogP contribution is -2.34. The fourth-order valence-electron chi connectivity index (χ4n) is 3.68. The first-order valence-corrected chi connectivity index (χ1v) is 11.0. The van der Waals surface area contributed by atoms with E-state index in [0.717, 1.165) is 10.9 Å². The van der Waals surface area contributed by atoms with Gasteiger partial charge in [0.05, 0.1) is 12.2 Å². The van der Waals surface area contributed by atoms with E-state index in [4.69, 9.17) is 9.15 Å². The van der Waals surface area contributed by atoms with Crippen molar-refractivity contribution in [3.05, 3.63) is 71.9 Å². The monoisotopic (exact) mass is 435 g/mol. The molecule has 31 heavy (non-hydrogen) atoms. The number of nitrogens with zero attached hydrogens (tertiary/aromatic N) is 2. The van der Waals surface area contributed by atoms with Gasteiger partial charge in [0, 0.05) is 29.1 Å². The van der Waals surface area contributed by atoms with Gasteiger partial charge in [0.25, 0.3) is 5.91 Å². The summed E-state index contributed by atoms with van der Waals surface area (Å²) in [5.41, 5.74) is 2.59. The van der Waals surface area contributed by atoms with Crippen LogP contribution in [-0.4, -0.2) is 34.8 Å². The Morgan fingerprint density at radius 3 is 2.97 bits per heavy atom. The lowest BCUT2D eigenvalue weighted by Gasteiger charge is -2.13. The lowest BCUT2D eigenvalue weighted by atomic mass is 10.0. The van der Waals surface area contributed by atoms with Crippen LogP contribution in [0.1, 0.15) is 16.1 Å². The van der Waals surface area contributed by atoms with Crippen molar-refractivity contribution in [1.82, 2.24) is 15.3 Å². The Hall–Kier alpha value is -3.39. The van der Waals surface area contributed by atoms with Crippen LogP contribution in [0.15, 0.2) is 64.3 Å². The average Bonchev–Trinajstić information content (AvgIpc) is 3.40. The van der Waals surface area contributed by atoms with Crippen LogP contribution in [0.25, 0.3) is 22.2 Å². The highest BCUT2D eigenvalue weighted by Crippen LogP contribution is 2.39. The van der Waals surface area contributed by atoms with E-state index in [1.807, 2.05) is 30.5 Å². The molecule has 2 aromatic heterocycles. The molecule has 1 N–H and O–H groups in total. The van der Waals surface area contributed by atoms with Crippen molar-refractivity contribution in [3.8, 4) is 17.0 Å². The smallest absolute Gasteiger partial charge is 0.287 e. The molecule has 3 heterocycles. The largest absolute Gasteiger partial charge is 0.487 e. The van der Waals surface area contributed by atoms with Gasteiger partial charge in [-0.25, -0.2) is 14.4 Å². The fraction of sp³-hybridized carbons (Fsp3) is 0.174. The molecule has 2 aromatic carbocycles. The van der Waals surface area contributed by atoms with Gasteiger partial charge in [-0.2, -0.15) is 0 Å². The Labute approximate surface area is 181 Å². The van der Waals surface area contributed by atoms with Gasteiger partial charge in [0.2, 0.25) is 0 Å². The van der Waals surface area contributed by atoms with Crippen molar-refractivity contribution in [3.63, 3.8) is 0 Å². The number of para-hydroxylation sites is 1. The molecule has 1 amide bonds. The van der Waals surface area contributed by atoms with Gasteiger partial charge in [0.1, 0.15) is 23.3 Å². The summed E-state index contributed by atoms with van der Waals surface area (Å²) in [5, 5.41) is 4.32. The van der Waals surface area contributed by atoms with Gasteiger partial charge >= 0.3 is 0 Å². The van der Waals surface area contributed by atoms with Gasteiger partial charge in [-0.3, -0.25) is 4.79 Å². The number of rotatable bonds is 5. The molecule has 6 nitrogen and oxygen atoms in total. The number of benzene rings is 2. The first-order valence-electron chi connectivity index (χ1n) is 9.74. The molecule has 8 heteroatoms. The molecule has 1 atom stereocenters. The lowest BCUT2D eigenvalue weighted by molar-refractivity contribution is 0.0908. The molecule has 5 rings (SSSR count).